The Morgan fingerprint density at radius 3 is 2.79 bits per heavy atom. The van der Waals surface area contributed by atoms with E-state index >= 15 is 0 Å². The van der Waals surface area contributed by atoms with Crippen molar-refractivity contribution in [2.45, 2.75) is 12.4 Å². The number of anilines is 1. The molecule has 0 bridgehead atoms. The fourth-order valence-corrected chi connectivity index (χ4v) is 2.71. The maximum Gasteiger partial charge on any atom is 0.0670 e. The Morgan fingerprint density at radius 2 is 1.84 bits per heavy atom. The van der Waals surface area contributed by atoms with Crippen LogP contribution < -0.4 is 10.2 Å². The molecule has 0 radical (unpaired) electrons. The second kappa shape index (κ2) is 4.39. The minimum absolute atomic E-state index is 0.0708. The number of hydrogen-bond donors (Lipinski definition) is 1. The number of benzene rings is 2. The number of nitrogens with one attached hydrogen (secondary N) is 1. The summed E-state index contributed by atoms with van der Waals surface area (Å²) in [6.45, 7) is -4.07. The molecule has 1 atom stereocenters. The van der Waals surface area contributed by atoms with E-state index < -0.39 is 25.4 Å². The van der Waals surface area contributed by atoms with Gasteiger partial charge < -0.3 is 10.2 Å². The fourth-order valence-electron chi connectivity index (χ4n) is 2.71. The highest BCUT2D eigenvalue weighted by Gasteiger charge is 2.29. The summed E-state index contributed by atoms with van der Waals surface area (Å²) in [5, 5.41) is 2.46. The van der Waals surface area contributed by atoms with Gasteiger partial charge in [0.2, 0.25) is 0 Å². The number of nitrogens with zero attached hydrogens (tertiary/aromatic N) is 1. The molecule has 2 aliphatic rings. The van der Waals surface area contributed by atoms with Crippen LogP contribution in [0.15, 0.2) is 48.5 Å². The molecular weight excluding hydrogens is 232 g/mol. The highest BCUT2D eigenvalue weighted by atomic mass is 15.2. The lowest BCUT2D eigenvalue weighted by Crippen LogP contribution is -2.46. The predicted molar refractivity (Wildman–Crippen MR) is 78.6 cm³/mol. The molecule has 2 aromatic rings. The van der Waals surface area contributed by atoms with Crippen molar-refractivity contribution in [1.29, 1.82) is 0 Å². The highest BCUT2D eigenvalue weighted by Crippen LogP contribution is 2.37. The van der Waals surface area contributed by atoms with E-state index in [0.717, 1.165) is 0 Å². The van der Waals surface area contributed by atoms with Crippen molar-refractivity contribution in [2.24, 2.45) is 0 Å². The molecule has 0 amide bonds. The van der Waals surface area contributed by atoms with Crippen molar-refractivity contribution < 1.29 is 8.22 Å². The Morgan fingerprint density at radius 1 is 1.05 bits per heavy atom. The van der Waals surface area contributed by atoms with Crippen LogP contribution in [0.1, 0.15) is 31.0 Å². The van der Waals surface area contributed by atoms with Crippen molar-refractivity contribution in [2.75, 3.05) is 24.4 Å². The molecule has 4 rings (SSSR count). The topological polar surface area (TPSA) is 15.3 Å². The first kappa shape index (κ1) is 6.58. The zero-order valence-corrected chi connectivity index (χ0v) is 10.4. The molecule has 2 heteroatoms. The highest BCUT2D eigenvalue weighted by molar-refractivity contribution is 5.60. The number of piperazine rings is 1. The Kier molecular flexibility index (Phi) is 1.52. The van der Waals surface area contributed by atoms with Gasteiger partial charge in [-0.1, -0.05) is 42.5 Å². The van der Waals surface area contributed by atoms with E-state index in [-0.39, 0.29) is 6.54 Å². The minimum atomic E-state index is -2.06. The third-order valence-corrected chi connectivity index (χ3v) is 3.60. The average Bonchev–Trinajstić information content (AvgIpc) is 2.59. The molecule has 19 heavy (non-hydrogen) atoms. The Balaban J connectivity index is 2.07. The molecule has 2 heterocycles. The quantitative estimate of drug-likeness (QED) is 0.779. The average molecular weight is 256 g/mol. The van der Waals surface area contributed by atoms with E-state index in [2.05, 4.69) is 5.32 Å². The summed E-state index contributed by atoms with van der Waals surface area (Å²) in [7, 11) is 0. The Bertz CT molecular complexity index is 835. The summed E-state index contributed by atoms with van der Waals surface area (Å²) in [5.41, 5.74) is 1.92. The maximum atomic E-state index is 8.71. The first-order chi connectivity index (χ1) is 11.6. The number of hydrogen-bond acceptors (Lipinski definition) is 2. The summed E-state index contributed by atoms with van der Waals surface area (Å²) in [6.07, 6.45) is -1.80. The van der Waals surface area contributed by atoms with Crippen LogP contribution in [0.3, 0.4) is 0 Å². The van der Waals surface area contributed by atoms with Gasteiger partial charge in [-0.2, -0.15) is 0 Å². The molecule has 1 saturated heterocycles. The van der Waals surface area contributed by atoms with Crippen molar-refractivity contribution in [3.8, 4) is 0 Å². The summed E-state index contributed by atoms with van der Waals surface area (Å²) >= 11 is 0. The van der Waals surface area contributed by atoms with Crippen LogP contribution >= 0.6 is 0 Å². The molecule has 2 nitrogen and oxygen atoms in total. The summed E-state index contributed by atoms with van der Waals surface area (Å²) in [6, 6.07) is 13.1. The number of rotatable bonds is 0. The van der Waals surface area contributed by atoms with Gasteiger partial charge in [0, 0.05) is 33.5 Å². The van der Waals surface area contributed by atoms with E-state index in [1.165, 1.54) is 0 Å². The lowest BCUT2D eigenvalue weighted by atomic mass is 9.96. The van der Waals surface area contributed by atoms with Gasteiger partial charge in [-0.05, 0) is 29.1 Å². The van der Waals surface area contributed by atoms with Gasteiger partial charge in [0.15, 0.2) is 0 Å². The van der Waals surface area contributed by atoms with Gasteiger partial charge in [0.05, 0.1) is 6.04 Å². The largest absolute Gasteiger partial charge is 0.362 e. The van der Waals surface area contributed by atoms with Crippen LogP contribution in [0.5, 0.6) is 0 Å². The fraction of sp³-hybridized carbons (Fsp3) is 0.294. The summed E-state index contributed by atoms with van der Waals surface area (Å²) in [5.74, 6) is 0. The van der Waals surface area contributed by atoms with E-state index in [1.807, 2.05) is 0 Å². The van der Waals surface area contributed by atoms with Crippen molar-refractivity contribution in [3.63, 3.8) is 0 Å². The molecule has 96 valence electrons. The van der Waals surface area contributed by atoms with Crippen molar-refractivity contribution >= 4 is 5.69 Å². The van der Waals surface area contributed by atoms with Gasteiger partial charge in [0.25, 0.3) is 0 Å². The molecule has 1 N–H and O–H groups in total. The van der Waals surface area contributed by atoms with Gasteiger partial charge in [0.1, 0.15) is 0 Å². The number of fused-ring (bicyclic) bond motifs is 5. The van der Waals surface area contributed by atoms with Crippen LogP contribution in [-0.2, 0) is 6.37 Å². The Labute approximate surface area is 122 Å². The van der Waals surface area contributed by atoms with Crippen molar-refractivity contribution in [3.05, 3.63) is 65.2 Å². The summed E-state index contributed by atoms with van der Waals surface area (Å²) < 4.78 is 50.5. The minimum Gasteiger partial charge on any atom is -0.362 e. The van der Waals surface area contributed by atoms with E-state index in [0.29, 0.717) is 22.4 Å². The zero-order valence-electron chi connectivity index (χ0n) is 16.4. The van der Waals surface area contributed by atoms with Crippen LogP contribution in [-0.4, -0.2) is 19.5 Å². The SMILES string of the molecule is [2H]C1([2H])CN2c3ccccc3C([2H])([2H])c3ccccc3C2C([2H])([2H])N1. The lowest BCUT2D eigenvalue weighted by Gasteiger charge is -2.38. The second-order valence-corrected chi connectivity index (χ2v) is 4.71. The zero-order chi connectivity index (χ0) is 18.0. The van der Waals surface area contributed by atoms with Crippen LogP contribution in [0.25, 0.3) is 0 Å². The maximum absolute atomic E-state index is 8.71. The molecule has 2 aromatic carbocycles. The first-order valence-electron chi connectivity index (χ1n) is 9.38. The Hall–Kier alpha value is -1.80. The monoisotopic (exact) mass is 256 g/mol. The standard InChI is InChI=1S/C17H18N2/c1-3-7-15-13(5-1)11-14-6-2-4-8-16(14)19-10-9-18-12-17(15)19/h1-8,17-18H,9-12H2/i9D2,11D2,12D2. The van der Waals surface area contributed by atoms with Crippen molar-refractivity contribution in [1.82, 2.24) is 5.32 Å². The van der Waals surface area contributed by atoms with Gasteiger partial charge in [-0.15, -0.1) is 0 Å². The molecule has 1 fully saturated rings. The third-order valence-electron chi connectivity index (χ3n) is 3.60. The lowest BCUT2D eigenvalue weighted by molar-refractivity contribution is 0.490. The molecule has 0 spiro atoms. The predicted octanol–water partition coefficient (Wildman–Crippen LogP) is 2.74. The molecule has 0 aromatic heterocycles. The van der Waals surface area contributed by atoms with Crippen LogP contribution in [0.4, 0.5) is 5.69 Å². The van der Waals surface area contributed by atoms with E-state index in [1.54, 1.807) is 53.4 Å². The molecule has 1 unspecified atom stereocenters. The van der Waals surface area contributed by atoms with Gasteiger partial charge >= 0.3 is 0 Å². The smallest absolute Gasteiger partial charge is 0.0670 e. The second-order valence-electron chi connectivity index (χ2n) is 4.71. The van der Waals surface area contributed by atoms with Gasteiger partial charge in [-0.3, -0.25) is 0 Å². The van der Waals surface area contributed by atoms with Crippen LogP contribution in [0, 0.1) is 0 Å². The third kappa shape index (κ3) is 1.75. The molecule has 0 saturated carbocycles. The normalized spacial score (nSPS) is 33.7. The van der Waals surface area contributed by atoms with Gasteiger partial charge in [-0.25, -0.2) is 0 Å². The molecular formula is C17H18N2. The van der Waals surface area contributed by atoms with E-state index in [4.69, 9.17) is 8.22 Å². The first-order valence-corrected chi connectivity index (χ1v) is 6.38. The van der Waals surface area contributed by atoms with E-state index in [9.17, 15) is 0 Å². The van der Waals surface area contributed by atoms with Crippen LogP contribution in [0.2, 0.25) is 0 Å². The molecule has 2 aliphatic heterocycles. The number of para-hydroxylation sites is 1. The summed E-state index contributed by atoms with van der Waals surface area (Å²) in [4.78, 5) is 1.66. The molecule has 0 aliphatic carbocycles.